The molecule has 1 saturated heterocycles. The monoisotopic (exact) mass is 273 g/mol. The number of thioether (sulfide) groups is 1. The summed E-state index contributed by atoms with van der Waals surface area (Å²) in [6.07, 6.45) is 2.09. The van der Waals surface area contributed by atoms with Crippen molar-refractivity contribution in [3.8, 4) is 0 Å². The smallest absolute Gasteiger partial charge is 0.170 e. The molecule has 17 heavy (non-hydrogen) atoms. The lowest BCUT2D eigenvalue weighted by Crippen LogP contribution is -2.36. The van der Waals surface area contributed by atoms with Gasteiger partial charge in [0, 0.05) is 30.7 Å². The van der Waals surface area contributed by atoms with E-state index >= 15 is 0 Å². The highest BCUT2D eigenvalue weighted by Gasteiger charge is 2.24. The van der Waals surface area contributed by atoms with E-state index in [0.29, 0.717) is 12.0 Å². The Morgan fingerprint density at radius 3 is 3.12 bits per heavy atom. The van der Waals surface area contributed by atoms with Crippen LogP contribution in [0.15, 0.2) is 4.34 Å². The molecule has 4 nitrogen and oxygen atoms in total. The summed E-state index contributed by atoms with van der Waals surface area (Å²) < 4.78 is 10.8. The lowest BCUT2D eigenvalue weighted by Gasteiger charge is -2.20. The normalized spacial score (nSPS) is 21.9. The van der Waals surface area contributed by atoms with Crippen LogP contribution in [0.3, 0.4) is 0 Å². The number of hydrogen-bond donors (Lipinski definition) is 1. The fraction of sp³-hybridized carbons (Fsp3) is 0.818. The molecule has 1 aliphatic rings. The first-order valence-electron chi connectivity index (χ1n) is 6.04. The fourth-order valence-electron chi connectivity index (χ4n) is 1.93. The predicted molar refractivity (Wildman–Crippen MR) is 71.8 cm³/mol. The molecule has 2 atom stereocenters. The van der Waals surface area contributed by atoms with Gasteiger partial charge in [-0.3, -0.25) is 0 Å². The van der Waals surface area contributed by atoms with Gasteiger partial charge in [-0.2, -0.15) is 4.37 Å². The molecule has 2 rings (SSSR count). The molecule has 1 N–H and O–H groups in total. The Hall–Kier alpha value is -0.170. The summed E-state index contributed by atoms with van der Waals surface area (Å²) in [5.74, 6) is 2.65. The Balaban J connectivity index is 1.82. The van der Waals surface area contributed by atoms with Gasteiger partial charge in [-0.1, -0.05) is 18.7 Å². The van der Waals surface area contributed by atoms with Crippen molar-refractivity contribution in [1.82, 2.24) is 14.7 Å². The summed E-state index contributed by atoms with van der Waals surface area (Å²) in [6.45, 7) is 3.89. The number of nitrogens with one attached hydrogen (secondary N) is 1. The second-order valence-electron chi connectivity index (χ2n) is 4.16. The Morgan fingerprint density at radius 1 is 1.65 bits per heavy atom. The molecule has 0 saturated carbocycles. The van der Waals surface area contributed by atoms with Gasteiger partial charge in [-0.05, 0) is 25.0 Å². The van der Waals surface area contributed by atoms with Gasteiger partial charge in [0.25, 0.3) is 0 Å². The van der Waals surface area contributed by atoms with E-state index in [9.17, 15) is 0 Å². The Kier molecular flexibility index (Phi) is 5.21. The molecule has 0 amide bonds. The van der Waals surface area contributed by atoms with Crippen LogP contribution >= 0.6 is 23.3 Å². The summed E-state index contributed by atoms with van der Waals surface area (Å²) in [6, 6.07) is 0.511. The van der Waals surface area contributed by atoms with E-state index in [-0.39, 0.29) is 0 Å². The predicted octanol–water partition coefficient (Wildman–Crippen LogP) is 1.82. The quantitative estimate of drug-likeness (QED) is 0.801. The van der Waals surface area contributed by atoms with E-state index in [1.165, 1.54) is 18.0 Å². The Morgan fingerprint density at radius 2 is 2.53 bits per heavy atom. The van der Waals surface area contributed by atoms with Crippen molar-refractivity contribution in [2.24, 2.45) is 5.92 Å². The number of rotatable bonds is 6. The number of ether oxygens (including phenoxy) is 1. The second-order valence-corrected chi connectivity index (χ2v) is 6.18. The van der Waals surface area contributed by atoms with Crippen molar-refractivity contribution in [2.75, 3.05) is 26.0 Å². The van der Waals surface area contributed by atoms with Crippen LogP contribution in [0, 0.1) is 5.92 Å². The first kappa shape index (κ1) is 13.3. The van der Waals surface area contributed by atoms with Gasteiger partial charge < -0.3 is 10.1 Å². The van der Waals surface area contributed by atoms with Crippen molar-refractivity contribution in [3.63, 3.8) is 0 Å². The second kappa shape index (κ2) is 6.68. The number of aryl methyl sites for hydroxylation is 1. The van der Waals surface area contributed by atoms with Crippen LogP contribution in [0.25, 0.3) is 0 Å². The molecule has 0 aliphatic carbocycles. The van der Waals surface area contributed by atoms with Crippen LogP contribution in [0.2, 0.25) is 0 Å². The third kappa shape index (κ3) is 3.64. The highest BCUT2D eigenvalue weighted by Crippen LogP contribution is 2.25. The molecule has 0 bridgehead atoms. The molecule has 0 spiro atoms. The molecular weight excluding hydrogens is 254 g/mol. The van der Waals surface area contributed by atoms with Gasteiger partial charge in [0.15, 0.2) is 4.34 Å². The summed E-state index contributed by atoms with van der Waals surface area (Å²) in [5.41, 5.74) is 0. The van der Waals surface area contributed by atoms with E-state index in [0.717, 1.165) is 35.6 Å². The minimum Gasteiger partial charge on any atom is -0.381 e. The summed E-state index contributed by atoms with van der Waals surface area (Å²) in [7, 11) is 2.03. The zero-order valence-electron chi connectivity index (χ0n) is 10.3. The van der Waals surface area contributed by atoms with Gasteiger partial charge in [0.05, 0.1) is 6.61 Å². The highest BCUT2D eigenvalue weighted by atomic mass is 32.2. The zero-order chi connectivity index (χ0) is 12.1. The third-order valence-electron chi connectivity index (χ3n) is 3.06. The Bertz CT molecular complexity index is 339. The van der Waals surface area contributed by atoms with Crippen molar-refractivity contribution < 1.29 is 4.74 Å². The van der Waals surface area contributed by atoms with Gasteiger partial charge in [0.2, 0.25) is 0 Å². The van der Waals surface area contributed by atoms with E-state index in [1.54, 1.807) is 11.8 Å². The van der Waals surface area contributed by atoms with Crippen LogP contribution in [-0.4, -0.2) is 41.4 Å². The van der Waals surface area contributed by atoms with Crippen molar-refractivity contribution >= 4 is 23.3 Å². The van der Waals surface area contributed by atoms with Gasteiger partial charge in [0.1, 0.15) is 5.82 Å². The molecule has 6 heteroatoms. The molecule has 0 radical (unpaired) electrons. The Labute approximate surface area is 111 Å². The molecule has 96 valence electrons. The summed E-state index contributed by atoms with van der Waals surface area (Å²) >= 11 is 3.31. The van der Waals surface area contributed by atoms with Gasteiger partial charge >= 0.3 is 0 Å². The van der Waals surface area contributed by atoms with Crippen LogP contribution in [0.4, 0.5) is 0 Å². The topological polar surface area (TPSA) is 47.0 Å². The molecule has 1 fully saturated rings. The third-order valence-corrected chi connectivity index (χ3v) is 5.05. The number of hydrogen-bond acceptors (Lipinski definition) is 6. The van der Waals surface area contributed by atoms with E-state index in [1.807, 2.05) is 7.05 Å². The molecule has 2 unspecified atom stereocenters. The molecule has 2 heterocycles. The first-order valence-corrected chi connectivity index (χ1v) is 7.79. The fourth-order valence-corrected chi connectivity index (χ4v) is 3.88. The van der Waals surface area contributed by atoms with E-state index in [2.05, 4.69) is 21.6 Å². The lowest BCUT2D eigenvalue weighted by atomic mass is 10.0. The summed E-state index contributed by atoms with van der Waals surface area (Å²) in [5, 5.41) is 3.39. The number of nitrogens with zero attached hydrogens (tertiary/aromatic N) is 2. The maximum Gasteiger partial charge on any atom is 0.170 e. The molecule has 1 aliphatic heterocycles. The van der Waals surface area contributed by atoms with Crippen LogP contribution in [-0.2, 0) is 11.2 Å². The summed E-state index contributed by atoms with van der Waals surface area (Å²) in [4.78, 5) is 4.47. The van der Waals surface area contributed by atoms with Crippen LogP contribution < -0.4 is 5.32 Å². The minimum absolute atomic E-state index is 0.511. The van der Waals surface area contributed by atoms with E-state index < -0.39 is 0 Å². The largest absolute Gasteiger partial charge is 0.381 e. The molecular formula is C11H19N3OS2. The maximum atomic E-state index is 5.44. The van der Waals surface area contributed by atoms with Gasteiger partial charge in [-0.15, -0.1) is 0 Å². The minimum atomic E-state index is 0.511. The van der Waals surface area contributed by atoms with E-state index in [4.69, 9.17) is 4.74 Å². The maximum absolute atomic E-state index is 5.44. The average Bonchev–Trinajstić information content (AvgIpc) is 3.00. The van der Waals surface area contributed by atoms with Crippen molar-refractivity contribution in [2.45, 2.75) is 30.1 Å². The molecule has 1 aromatic heterocycles. The highest BCUT2D eigenvalue weighted by molar-refractivity contribution is 8.00. The first-order chi connectivity index (χ1) is 8.33. The molecule has 1 aromatic rings. The zero-order valence-corrected chi connectivity index (χ0v) is 11.9. The number of aromatic nitrogens is 2. The van der Waals surface area contributed by atoms with Crippen molar-refractivity contribution in [1.29, 1.82) is 0 Å². The lowest BCUT2D eigenvalue weighted by molar-refractivity contribution is 0.180. The van der Waals surface area contributed by atoms with Gasteiger partial charge in [-0.25, -0.2) is 4.98 Å². The standard InChI is InChI=1S/C11H19N3OS2/c1-3-10-13-11(17-14-10)16-7-9(12-2)8-4-5-15-6-8/h8-9,12H,3-7H2,1-2H3. The van der Waals surface area contributed by atoms with Crippen LogP contribution in [0.1, 0.15) is 19.2 Å². The molecule has 0 aromatic carbocycles. The average molecular weight is 273 g/mol. The van der Waals surface area contributed by atoms with Crippen LogP contribution in [0.5, 0.6) is 0 Å². The van der Waals surface area contributed by atoms with Crippen molar-refractivity contribution in [3.05, 3.63) is 5.82 Å². The SMILES string of the molecule is CCc1nsc(SCC(NC)C2CCOC2)n1.